The molecule has 3 heteroatoms. The van der Waals surface area contributed by atoms with Crippen LogP contribution >= 0.6 is 0 Å². The van der Waals surface area contributed by atoms with E-state index in [9.17, 15) is 0 Å². The summed E-state index contributed by atoms with van der Waals surface area (Å²) in [6, 6.07) is 0. The van der Waals surface area contributed by atoms with Crippen LogP contribution in [0.3, 0.4) is 0 Å². The summed E-state index contributed by atoms with van der Waals surface area (Å²) in [6.45, 7) is 9.25. The van der Waals surface area contributed by atoms with Crippen molar-refractivity contribution < 1.29 is 9.47 Å². The number of hydrogen-bond donors (Lipinski definition) is 0. The van der Waals surface area contributed by atoms with Crippen LogP contribution in [0.1, 0.15) is 52.9 Å². The van der Waals surface area contributed by atoms with Gasteiger partial charge in [0.2, 0.25) is 0 Å². The van der Waals surface area contributed by atoms with Crippen LogP contribution in [0.15, 0.2) is 0 Å². The number of methoxy groups -OCH3 is 1. The molecular weight excluding hydrogens is 226 g/mol. The molecule has 0 N–H and O–H groups in total. The zero-order chi connectivity index (χ0) is 13.2. The topological polar surface area (TPSA) is 21.7 Å². The Morgan fingerprint density at radius 1 is 0.889 bits per heavy atom. The highest BCUT2D eigenvalue weighted by atomic mass is 16.5. The van der Waals surface area contributed by atoms with Crippen molar-refractivity contribution in [2.24, 2.45) is 0 Å². The van der Waals surface area contributed by atoms with E-state index >= 15 is 0 Å². The van der Waals surface area contributed by atoms with Gasteiger partial charge in [0.1, 0.15) is 0 Å². The molecule has 0 radical (unpaired) electrons. The number of hydrogen-bond acceptors (Lipinski definition) is 3. The van der Waals surface area contributed by atoms with Gasteiger partial charge >= 0.3 is 0 Å². The molecule has 2 fully saturated rings. The van der Waals surface area contributed by atoms with Crippen LogP contribution in [0.5, 0.6) is 0 Å². The van der Waals surface area contributed by atoms with E-state index in [1.54, 1.807) is 0 Å². The van der Waals surface area contributed by atoms with Gasteiger partial charge in [0, 0.05) is 25.7 Å². The molecule has 2 rings (SSSR count). The highest BCUT2D eigenvalue weighted by molar-refractivity contribution is 4.84. The maximum atomic E-state index is 6.24. The molecule has 0 aromatic heterocycles. The van der Waals surface area contributed by atoms with E-state index in [-0.39, 0.29) is 0 Å². The lowest BCUT2D eigenvalue weighted by Gasteiger charge is -2.41. The largest absolute Gasteiger partial charge is 0.381 e. The van der Waals surface area contributed by atoms with E-state index < -0.39 is 0 Å². The van der Waals surface area contributed by atoms with E-state index in [1.165, 1.54) is 38.8 Å². The molecule has 2 atom stereocenters. The Morgan fingerprint density at radius 2 is 1.50 bits per heavy atom. The minimum absolute atomic E-state index is 0.305. The summed E-state index contributed by atoms with van der Waals surface area (Å²) in [7, 11) is 1.81. The first kappa shape index (κ1) is 14.3. The monoisotopic (exact) mass is 255 g/mol. The number of likely N-dealkylation sites (tertiary alicyclic amines) is 1. The summed E-state index contributed by atoms with van der Waals surface area (Å²) < 4.78 is 11.6. The van der Waals surface area contributed by atoms with Crippen molar-refractivity contribution in [2.45, 2.75) is 76.7 Å². The molecule has 2 aliphatic rings. The Morgan fingerprint density at radius 3 is 2.00 bits per heavy atom. The molecule has 1 saturated heterocycles. The van der Waals surface area contributed by atoms with Gasteiger partial charge in [0.25, 0.3) is 0 Å². The van der Waals surface area contributed by atoms with Gasteiger partial charge in [-0.05, 0) is 52.9 Å². The maximum absolute atomic E-state index is 6.24. The van der Waals surface area contributed by atoms with Gasteiger partial charge in [-0.25, -0.2) is 0 Å². The predicted octanol–water partition coefficient (Wildman–Crippen LogP) is 2.83. The van der Waals surface area contributed by atoms with Gasteiger partial charge in [-0.1, -0.05) is 0 Å². The normalized spacial score (nSPS) is 32.0. The molecule has 106 valence electrons. The van der Waals surface area contributed by atoms with Gasteiger partial charge < -0.3 is 9.47 Å². The second kappa shape index (κ2) is 5.89. The van der Waals surface area contributed by atoms with E-state index in [0.29, 0.717) is 23.9 Å². The molecule has 0 spiro atoms. The van der Waals surface area contributed by atoms with Gasteiger partial charge in [-0.3, -0.25) is 4.90 Å². The minimum atomic E-state index is 0.305. The second-order valence-corrected chi connectivity index (χ2v) is 6.79. The van der Waals surface area contributed by atoms with E-state index in [0.717, 1.165) is 6.42 Å². The minimum Gasteiger partial charge on any atom is -0.381 e. The van der Waals surface area contributed by atoms with Crippen molar-refractivity contribution >= 4 is 0 Å². The van der Waals surface area contributed by atoms with Crippen LogP contribution in [-0.2, 0) is 9.47 Å². The van der Waals surface area contributed by atoms with Crippen LogP contribution in [0.25, 0.3) is 0 Å². The summed E-state index contributed by atoms with van der Waals surface area (Å²) in [4.78, 5) is 2.57. The Bertz CT molecular complexity index is 254. The Kier molecular flexibility index (Phi) is 4.68. The molecule has 0 bridgehead atoms. The lowest BCUT2D eigenvalue weighted by atomic mass is 9.99. The number of ether oxygens (including phenoxy) is 2. The van der Waals surface area contributed by atoms with Crippen molar-refractivity contribution in [3.63, 3.8) is 0 Å². The van der Waals surface area contributed by atoms with Crippen LogP contribution in [0.4, 0.5) is 0 Å². The number of nitrogens with zero attached hydrogens (tertiary/aromatic N) is 1. The van der Waals surface area contributed by atoms with Crippen molar-refractivity contribution in [3.05, 3.63) is 0 Å². The summed E-state index contributed by atoms with van der Waals surface area (Å²) in [5.41, 5.74) is 0.305. The molecule has 1 saturated carbocycles. The van der Waals surface area contributed by atoms with Gasteiger partial charge in [-0.2, -0.15) is 0 Å². The number of piperidine rings is 1. The van der Waals surface area contributed by atoms with Crippen LogP contribution in [0.2, 0.25) is 0 Å². The lowest BCUT2D eigenvalue weighted by molar-refractivity contribution is -0.0553. The van der Waals surface area contributed by atoms with Crippen LogP contribution in [-0.4, -0.2) is 49.0 Å². The SMILES string of the molecule is CO[C@@H]1CC[C@@H](OC2CCN(C(C)(C)C)CC2)C1. The molecule has 0 amide bonds. The standard InChI is InChI=1S/C15H29NO2/c1-15(2,3)16-9-7-12(8-10-16)18-14-6-5-13(11-14)17-4/h12-14H,5-11H2,1-4H3/t13-,14-/m1/s1. The Hall–Kier alpha value is -0.120. The summed E-state index contributed by atoms with van der Waals surface area (Å²) in [5.74, 6) is 0. The molecule has 0 unspecified atom stereocenters. The first-order chi connectivity index (χ1) is 8.49. The van der Waals surface area contributed by atoms with E-state index in [1.807, 2.05) is 7.11 Å². The third kappa shape index (κ3) is 3.69. The lowest BCUT2D eigenvalue weighted by Crippen LogP contribution is -2.48. The fourth-order valence-corrected chi connectivity index (χ4v) is 3.17. The number of rotatable bonds is 3. The predicted molar refractivity (Wildman–Crippen MR) is 73.9 cm³/mol. The highest BCUT2D eigenvalue weighted by Crippen LogP contribution is 2.28. The van der Waals surface area contributed by atoms with Gasteiger partial charge in [0.05, 0.1) is 18.3 Å². The van der Waals surface area contributed by atoms with Crippen LogP contribution in [0, 0.1) is 0 Å². The van der Waals surface area contributed by atoms with Gasteiger partial charge in [0.15, 0.2) is 0 Å². The van der Waals surface area contributed by atoms with Crippen molar-refractivity contribution in [3.8, 4) is 0 Å². The average molecular weight is 255 g/mol. The third-order valence-corrected chi connectivity index (χ3v) is 4.45. The third-order valence-electron chi connectivity index (χ3n) is 4.45. The second-order valence-electron chi connectivity index (χ2n) is 6.79. The fraction of sp³-hybridized carbons (Fsp3) is 1.00. The summed E-state index contributed by atoms with van der Waals surface area (Å²) >= 11 is 0. The van der Waals surface area contributed by atoms with Gasteiger partial charge in [-0.15, -0.1) is 0 Å². The molecule has 3 nitrogen and oxygen atoms in total. The summed E-state index contributed by atoms with van der Waals surface area (Å²) in [6.07, 6.45) is 7.17. The van der Waals surface area contributed by atoms with Crippen molar-refractivity contribution in [1.29, 1.82) is 0 Å². The first-order valence-corrected chi connectivity index (χ1v) is 7.42. The van der Waals surface area contributed by atoms with E-state index in [2.05, 4.69) is 25.7 Å². The molecule has 1 aliphatic carbocycles. The zero-order valence-electron chi connectivity index (χ0n) is 12.4. The van der Waals surface area contributed by atoms with E-state index in [4.69, 9.17) is 9.47 Å². The molecular formula is C15H29NO2. The molecule has 1 aliphatic heterocycles. The average Bonchev–Trinajstić information content (AvgIpc) is 2.76. The van der Waals surface area contributed by atoms with Crippen LogP contribution < -0.4 is 0 Å². The molecule has 0 aromatic carbocycles. The smallest absolute Gasteiger partial charge is 0.0604 e. The molecule has 18 heavy (non-hydrogen) atoms. The highest BCUT2D eigenvalue weighted by Gasteiger charge is 2.31. The van der Waals surface area contributed by atoms with Crippen molar-refractivity contribution in [2.75, 3.05) is 20.2 Å². The first-order valence-electron chi connectivity index (χ1n) is 7.42. The Balaban J connectivity index is 1.71. The van der Waals surface area contributed by atoms with Crippen molar-refractivity contribution in [1.82, 2.24) is 4.90 Å². The summed E-state index contributed by atoms with van der Waals surface area (Å²) in [5, 5.41) is 0. The maximum Gasteiger partial charge on any atom is 0.0604 e. The molecule has 0 aromatic rings. The Labute approximate surface area is 112 Å². The molecule has 1 heterocycles. The quantitative estimate of drug-likeness (QED) is 0.774. The fourth-order valence-electron chi connectivity index (χ4n) is 3.17. The zero-order valence-corrected chi connectivity index (χ0v) is 12.4.